The van der Waals surface area contributed by atoms with Crippen molar-refractivity contribution < 1.29 is 4.74 Å². The molecule has 2 aromatic heterocycles. The summed E-state index contributed by atoms with van der Waals surface area (Å²) in [6, 6.07) is 11.6. The second-order valence-corrected chi connectivity index (χ2v) is 7.51. The number of aryl methyl sites for hydroxylation is 2. The number of hydrogen-bond donors (Lipinski definition) is 2. The predicted octanol–water partition coefficient (Wildman–Crippen LogP) is 3.07. The van der Waals surface area contributed by atoms with Gasteiger partial charge in [-0.25, -0.2) is 9.97 Å². The monoisotopic (exact) mass is 363 g/mol. The summed E-state index contributed by atoms with van der Waals surface area (Å²) in [7, 11) is 0. The van der Waals surface area contributed by atoms with Gasteiger partial charge in [-0.05, 0) is 37.0 Å². The number of nitrogens with zero attached hydrogens (tertiary/aromatic N) is 3. The van der Waals surface area contributed by atoms with Crippen LogP contribution in [0.25, 0.3) is 11.0 Å². The highest BCUT2D eigenvalue weighted by atomic mass is 16.5. The summed E-state index contributed by atoms with van der Waals surface area (Å²) >= 11 is 0. The highest BCUT2D eigenvalue weighted by molar-refractivity contribution is 5.87. The van der Waals surface area contributed by atoms with Crippen molar-refractivity contribution >= 4 is 16.9 Å². The average Bonchev–Trinajstić information content (AvgIpc) is 3.10. The average molecular weight is 363 g/mol. The lowest BCUT2D eigenvalue weighted by molar-refractivity contribution is 0.00896. The fraction of sp³-hybridized carbons (Fsp3) is 0.429. The summed E-state index contributed by atoms with van der Waals surface area (Å²) < 4.78 is 5.59. The van der Waals surface area contributed by atoms with E-state index in [2.05, 4.69) is 62.4 Å². The van der Waals surface area contributed by atoms with Crippen LogP contribution in [0.2, 0.25) is 0 Å². The predicted molar refractivity (Wildman–Crippen MR) is 106 cm³/mol. The number of benzene rings is 1. The maximum atomic E-state index is 5.59. The first-order valence-electron chi connectivity index (χ1n) is 9.76. The summed E-state index contributed by atoms with van der Waals surface area (Å²) in [5.41, 5.74) is 4.81. The Morgan fingerprint density at radius 1 is 1.19 bits per heavy atom. The highest BCUT2D eigenvalue weighted by Crippen LogP contribution is 2.36. The molecule has 27 heavy (non-hydrogen) atoms. The van der Waals surface area contributed by atoms with Gasteiger partial charge in [0.15, 0.2) is 0 Å². The molecule has 2 atom stereocenters. The van der Waals surface area contributed by atoms with Crippen molar-refractivity contribution in [2.24, 2.45) is 0 Å². The number of morpholine rings is 1. The van der Waals surface area contributed by atoms with E-state index in [1.165, 1.54) is 11.1 Å². The number of fused-ring (bicyclic) bond motifs is 2. The van der Waals surface area contributed by atoms with Gasteiger partial charge >= 0.3 is 0 Å². The number of aromatic amines is 1. The summed E-state index contributed by atoms with van der Waals surface area (Å²) in [5, 5.41) is 4.84. The maximum Gasteiger partial charge on any atom is 0.143 e. The first kappa shape index (κ1) is 16.7. The second kappa shape index (κ2) is 6.94. The topological polar surface area (TPSA) is 66.1 Å². The second-order valence-electron chi connectivity index (χ2n) is 7.51. The van der Waals surface area contributed by atoms with Crippen LogP contribution in [0.3, 0.4) is 0 Å². The minimum absolute atomic E-state index is 0.210. The lowest BCUT2D eigenvalue weighted by atomic mass is 9.83. The van der Waals surface area contributed by atoms with E-state index in [9.17, 15) is 0 Å². The van der Waals surface area contributed by atoms with E-state index in [0.29, 0.717) is 6.04 Å². The Hall–Kier alpha value is -2.44. The minimum atomic E-state index is 0.210. The number of aromatic nitrogens is 3. The highest BCUT2D eigenvalue weighted by Gasteiger charge is 2.34. The van der Waals surface area contributed by atoms with Crippen molar-refractivity contribution in [2.75, 3.05) is 31.6 Å². The van der Waals surface area contributed by atoms with Gasteiger partial charge < -0.3 is 15.0 Å². The number of hydrogen-bond acceptors (Lipinski definition) is 5. The van der Waals surface area contributed by atoms with E-state index in [-0.39, 0.29) is 6.04 Å². The Morgan fingerprint density at radius 3 is 2.93 bits per heavy atom. The van der Waals surface area contributed by atoms with Gasteiger partial charge in [0.2, 0.25) is 0 Å². The number of H-pyrrole nitrogens is 1. The summed E-state index contributed by atoms with van der Waals surface area (Å²) in [4.78, 5) is 14.8. The third kappa shape index (κ3) is 3.09. The normalized spacial score (nSPS) is 23.3. The van der Waals surface area contributed by atoms with Crippen molar-refractivity contribution in [2.45, 2.75) is 31.8 Å². The molecule has 2 N–H and O–H groups in total. The smallest absolute Gasteiger partial charge is 0.143 e. The molecule has 0 radical (unpaired) electrons. The van der Waals surface area contributed by atoms with Crippen LogP contribution in [-0.2, 0) is 11.2 Å². The van der Waals surface area contributed by atoms with Gasteiger partial charge in [0, 0.05) is 24.8 Å². The van der Waals surface area contributed by atoms with Crippen LogP contribution >= 0.6 is 0 Å². The molecule has 1 aromatic carbocycles. The molecule has 0 spiro atoms. The molecular formula is C21H25N5O. The van der Waals surface area contributed by atoms with Crippen LogP contribution in [-0.4, -0.2) is 52.2 Å². The SMILES string of the molecule is Cc1cc2c(N[C@@H]3c4ccccc4CC[C@H]3N3CCOCC3)ncnc2[nH]1. The quantitative estimate of drug-likeness (QED) is 0.749. The van der Waals surface area contributed by atoms with Crippen LogP contribution in [0, 0.1) is 6.92 Å². The Labute approximate surface area is 159 Å². The molecule has 0 bridgehead atoms. The third-order valence-electron chi connectivity index (χ3n) is 5.85. The largest absolute Gasteiger partial charge is 0.379 e. The molecule has 3 heterocycles. The van der Waals surface area contributed by atoms with Crippen LogP contribution in [0.4, 0.5) is 5.82 Å². The van der Waals surface area contributed by atoms with Crippen molar-refractivity contribution in [3.05, 3.63) is 53.5 Å². The zero-order valence-corrected chi connectivity index (χ0v) is 15.6. The zero-order valence-electron chi connectivity index (χ0n) is 15.6. The molecule has 0 amide bonds. The molecule has 1 fully saturated rings. The summed E-state index contributed by atoms with van der Waals surface area (Å²) in [6.07, 6.45) is 3.91. The lowest BCUT2D eigenvalue weighted by Crippen LogP contribution is -2.49. The third-order valence-corrected chi connectivity index (χ3v) is 5.85. The van der Waals surface area contributed by atoms with Crippen molar-refractivity contribution in [3.63, 3.8) is 0 Å². The van der Waals surface area contributed by atoms with Gasteiger partial charge in [0.25, 0.3) is 0 Å². The Morgan fingerprint density at radius 2 is 2.04 bits per heavy atom. The van der Waals surface area contributed by atoms with E-state index in [1.807, 2.05) is 0 Å². The number of rotatable bonds is 3. The molecular weight excluding hydrogens is 338 g/mol. The number of nitrogens with one attached hydrogen (secondary N) is 2. The van der Waals surface area contributed by atoms with E-state index >= 15 is 0 Å². The lowest BCUT2D eigenvalue weighted by Gasteiger charge is -2.43. The van der Waals surface area contributed by atoms with Crippen LogP contribution in [0.5, 0.6) is 0 Å². The molecule has 1 aliphatic carbocycles. The first-order chi connectivity index (χ1) is 13.3. The van der Waals surface area contributed by atoms with Crippen molar-refractivity contribution in [3.8, 4) is 0 Å². The molecule has 6 heteroatoms. The van der Waals surface area contributed by atoms with Gasteiger partial charge in [-0.2, -0.15) is 0 Å². The van der Waals surface area contributed by atoms with Gasteiger partial charge in [0.1, 0.15) is 17.8 Å². The number of ether oxygens (including phenoxy) is 1. The van der Waals surface area contributed by atoms with E-state index in [1.54, 1.807) is 6.33 Å². The Bertz CT molecular complexity index is 947. The molecule has 1 saturated heterocycles. The fourth-order valence-electron chi connectivity index (χ4n) is 4.55. The summed E-state index contributed by atoms with van der Waals surface area (Å²) in [5.74, 6) is 0.907. The molecule has 0 saturated carbocycles. The van der Waals surface area contributed by atoms with E-state index in [4.69, 9.17) is 4.74 Å². The molecule has 0 unspecified atom stereocenters. The van der Waals surface area contributed by atoms with Crippen molar-refractivity contribution in [1.82, 2.24) is 19.9 Å². The molecule has 140 valence electrons. The van der Waals surface area contributed by atoms with Crippen molar-refractivity contribution in [1.29, 1.82) is 0 Å². The first-order valence-corrected chi connectivity index (χ1v) is 9.76. The molecule has 6 nitrogen and oxygen atoms in total. The van der Waals surface area contributed by atoms with Gasteiger partial charge in [-0.1, -0.05) is 24.3 Å². The zero-order chi connectivity index (χ0) is 18.2. The van der Waals surface area contributed by atoms with Gasteiger partial charge in [-0.3, -0.25) is 4.90 Å². The molecule has 1 aliphatic heterocycles. The standard InChI is InChI=1S/C21H25N5O/c1-14-12-17-20(24-14)22-13-23-21(17)25-19-16-5-3-2-4-15(16)6-7-18(19)26-8-10-27-11-9-26/h2-5,12-13,18-19H,6-11H2,1H3,(H2,22,23,24,25)/t18-,19-/m1/s1. The Balaban J connectivity index is 1.54. The van der Waals surface area contributed by atoms with Crippen LogP contribution in [0.15, 0.2) is 36.7 Å². The maximum absolute atomic E-state index is 5.59. The van der Waals surface area contributed by atoms with E-state index < -0.39 is 0 Å². The molecule has 2 aliphatic rings. The minimum Gasteiger partial charge on any atom is -0.379 e. The number of anilines is 1. The van der Waals surface area contributed by atoms with E-state index in [0.717, 1.165) is 61.7 Å². The van der Waals surface area contributed by atoms with Gasteiger partial charge in [-0.15, -0.1) is 0 Å². The Kier molecular flexibility index (Phi) is 4.30. The summed E-state index contributed by atoms with van der Waals surface area (Å²) in [6.45, 7) is 5.68. The van der Waals surface area contributed by atoms with Crippen LogP contribution < -0.4 is 5.32 Å². The molecule has 3 aromatic rings. The van der Waals surface area contributed by atoms with Gasteiger partial charge in [0.05, 0.1) is 24.6 Å². The molecule has 5 rings (SSSR count). The fourth-order valence-corrected chi connectivity index (χ4v) is 4.55. The van der Waals surface area contributed by atoms with Crippen LogP contribution in [0.1, 0.15) is 29.3 Å².